The summed E-state index contributed by atoms with van der Waals surface area (Å²) in [5.41, 5.74) is 3.59. The van der Waals surface area contributed by atoms with Gasteiger partial charge in [0.15, 0.2) is 5.82 Å². The molecule has 0 unspecified atom stereocenters. The molecule has 0 saturated carbocycles. The van der Waals surface area contributed by atoms with Gasteiger partial charge in [0, 0.05) is 11.9 Å². The van der Waals surface area contributed by atoms with E-state index in [0.29, 0.717) is 36.6 Å². The van der Waals surface area contributed by atoms with E-state index in [9.17, 15) is 9.18 Å². The fraction of sp³-hybridized carbons (Fsp3) is 0.138. The van der Waals surface area contributed by atoms with Gasteiger partial charge in [0.25, 0.3) is 5.91 Å². The SMILES string of the molecule is N#Cc1ccc(Cn2cnnc2CN(CCc2ccc(F)cc2)C(=O)c2ccc3ccccc3n2)cc1. The van der Waals surface area contributed by atoms with E-state index in [4.69, 9.17) is 5.26 Å². The second-order valence-electron chi connectivity index (χ2n) is 8.68. The Labute approximate surface area is 213 Å². The fourth-order valence-electron chi connectivity index (χ4n) is 4.10. The number of fused-ring (bicyclic) bond motifs is 1. The maximum Gasteiger partial charge on any atom is 0.272 e. The molecule has 0 N–H and O–H groups in total. The Kier molecular flexibility index (Phi) is 6.95. The topological polar surface area (TPSA) is 87.7 Å². The maximum absolute atomic E-state index is 13.6. The Morgan fingerprint density at radius 1 is 0.946 bits per heavy atom. The number of nitrogens with zero attached hydrogens (tertiary/aromatic N) is 6. The number of hydrogen-bond acceptors (Lipinski definition) is 5. The number of aromatic nitrogens is 4. The van der Waals surface area contributed by atoms with E-state index < -0.39 is 0 Å². The van der Waals surface area contributed by atoms with Crippen molar-refractivity contribution in [2.24, 2.45) is 0 Å². The number of carbonyl (C=O) groups excluding carboxylic acids is 1. The molecular formula is C29H23FN6O. The minimum absolute atomic E-state index is 0.221. The largest absolute Gasteiger partial charge is 0.329 e. The van der Waals surface area contributed by atoms with Crippen LogP contribution < -0.4 is 0 Å². The van der Waals surface area contributed by atoms with E-state index >= 15 is 0 Å². The van der Waals surface area contributed by atoms with E-state index in [1.54, 1.807) is 41.6 Å². The first-order chi connectivity index (χ1) is 18.1. The van der Waals surface area contributed by atoms with Gasteiger partial charge in [0.2, 0.25) is 0 Å². The average molecular weight is 491 g/mol. The highest BCUT2D eigenvalue weighted by Crippen LogP contribution is 2.16. The summed E-state index contributed by atoms with van der Waals surface area (Å²) >= 11 is 0. The molecular weight excluding hydrogens is 467 g/mol. The fourth-order valence-corrected chi connectivity index (χ4v) is 4.10. The standard InChI is InChI=1S/C29H23FN6O/c30-25-12-9-21(10-13-25)15-16-35(29(37)27-14-11-24-3-1-2-4-26(24)33-27)19-28-34-32-20-36(28)18-23-7-5-22(17-31)6-8-23/h1-14,20H,15-16,18-19H2. The zero-order chi connectivity index (χ0) is 25.6. The molecule has 8 heteroatoms. The van der Waals surface area contributed by atoms with Gasteiger partial charge in [0.1, 0.15) is 17.8 Å². The number of carbonyl (C=O) groups is 1. The predicted molar refractivity (Wildman–Crippen MR) is 137 cm³/mol. The summed E-state index contributed by atoms with van der Waals surface area (Å²) in [4.78, 5) is 19.9. The third-order valence-electron chi connectivity index (χ3n) is 6.15. The summed E-state index contributed by atoms with van der Waals surface area (Å²) < 4.78 is 15.3. The molecule has 2 aromatic heterocycles. The van der Waals surface area contributed by atoms with Gasteiger partial charge in [-0.15, -0.1) is 10.2 Å². The van der Waals surface area contributed by atoms with Crippen molar-refractivity contribution < 1.29 is 9.18 Å². The van der Waals surface area contributed by atoms with Crippen molar-refractivity contribution in [3.63, 3.8) is 0 Å². The van der Waals surface area contributed by atoms with Crippen molar-refractivity contribution in [2.75, 3.05) is 6.54 Å². The van der Waals surface area contributed by atoms with E-state index in [2.05, 4.69) is 21.3 Å². The van der Waals surface area contributed by atoms with Crippen molar-refractivity contribution in [3.8, 4) is 6.07 Å². The second kappa shape index (κ2) is 10.8. The maximum atomic E-state index is 13.6. The van der Waals surface area contributed by atoms with E-state index in [1.165, 1.54) is 12.1 Å². The second-order valence-corrected chi connectivity index (χ2v) is 8.68. The molecule has 0 atom stereocenters. The third-order valence-corrected chi connectivity index (χ3v) is 6.15. The normalized spacial score (nSPS) is 10.8. The van der Waals surface area contributed by atoms with Crippen LogP contribution in [0.3, 0.4) is 0 Å². The summed E-state index contributed by atoms with van der Waals surface area (Å²) in [6, 6.07) is 27.0. The lowest BCUT2D eigenvalue weighted by atomic mass is 10.1. The number of para-hydroxylation sites is 1. The molecule has 0 saturated heterocycles. The lowest BCUT2D eigenvalue weighted by molar-refractivity contribution is 0.0733. The summed E-state index contributed by atoms with van der Waals surface area (Å²) in [5.74, 6) is 0.103. The molecule has 0 radical (unpaired) electrons. The number of rotatable bonds is 8. The summed E-state index contributed by atoms with van der Waals surface area (Å²) in [7, 11) is 0. The van der Waals surface area contributed by atoms with Gasteiger partial charge in [-0.25, -0.2) is 9.37 Å². The van der Waals surface area contributed by atoms with Gasteiger partial charge < -0.3 is 9.47 Å². The monoisotopic (exact) mass is 490 g/mol. The number of amides is 1. The molecule has 182 valence electrons. The average Bonchev–Trinajstić information content (AvgIpc) is 3.38. The molecule has 5 aromatic rings. The van der Waals surface area contributed by atoms with Crippen LogP contribution in [-0.4, -0.2) is 37.1 Å². The van der Waals surface area contributed by atoms with Crippen LogP contribution >= 0.6 is 0 Å². The first-order valence-electron chi connectivity index (χ1n) is 11.8. The van der Waals surface area contributed by atoms with Crippen LogP contribution in [0.15, 0.2) is 91.3 Å². The van der Waals surface area contributed by atoms with Crippen molar-refractivity contribution >= 4 is 16.8 Å². The molecule has 5 rings (SSSR count). The van der Waals surface area contributed by atoms with Crippen molar-refractivity contribution in [1.29, 1.82) is 5.26 Å². The Morgan fingerprint density at radius 2 is 1.70 bits per heavy atom. The Bertz CT molecular complexity index is 1570. The molecule has 0 aliphatic rings. The highest BCUT2D eigenvalue weighted by molar-refractivity contribution is 5.94. The number of halogens is 1. The molecule has 1 amide bonds. The zero-order valence-electron chi connectivity index (χ0n) is 20.0. The van der Waals surface area contributed by atoms with Gasteiger partial charge in [-0.2, -0.15) is 5.26 Å². The molecule has 3 aromatic carbocycles. The summed E-state index contributed by atoms with van der Waals surface area (Å²) in [6.45, 7) is 1.12. The molecule has 0 spiro atoms. The van der Waals surface area contributed by atoms with Gasteiger partial charge in [-0.05, 0) is 53.9 Å². The van der Waals surface area contributed by atoms with Crippen LogP contribution in [0.4, 0.5) is 4.39 Å². The highest BCUT2D eigenvalue weighted by atomic mass is 19.1. The molecule has 7 nitrogen and oxygen atoms in total. The summed E-state index contributed by atoms with van der Waals surface area (Å²) in [5, 5.41) is 18.3. The minimum atomic E-state index is -0.298. The quantitative estimate of drug-likeness (QED) is 0.313. The summed E-state index contributed by atoms with van der Waals surface area (Å²) in [6.07, 6.45) is 2.17. The molecule has 0 aliphatic carbocycles. The van der Waals surface area contributed by atoms with Crippen molar-refractivity contribution in [1.82, 2.24) is 24.6 Å². The zero-order valence-corrected chi connectivity index (χ0v) is 20.0. The van der Waals surface area contributed by atoms with Gasteiger partial charge in [-0.3, -0.25) is 4.79 Å². The van der Waals surface area contributed by atoms with Crippen LogP contribution in [-0.2, 0) is 19.5 Å². The van der Waals surface area contributed by atoms with Crippen LogP contribution in [0.2, 0.25) is 0 Å². The number of pyridine rings is 1. The van der Waals surface area contributed by atoms with E-state index in [1.807, 2.05) is 47.0 Å². The Balaban J connectivity index is 1.40. The first kappa shape index (κ1) is 23.8. The number of hydrogen-bond donors (Lipinski definition) is 0. The number of benzene rings is 3. The van der Waals surface area contributed by atoms with Crippen LogP contribution in [0.5, 0.6) is 0 Å². The molecule has 2 heterocycles. The van der Waals surface area contributed by atoms with E-state index in [-0.39, 0.29) is 18.3 Å². The lowest BCUT2D eigenvalue weighted by Gasteiger charge is -2.22. The minimum Gasteiger partial charge on any atom is -0.329 e. The van der Waals surface area contributed by atoms with Crippen LogP contribution in [0, 0.1) is 17.1 Å². The first-order valence-corrected chi connectivity index (χ1v) is 11.8. The molecule has 37 heavy (non-hydrogen) atoms. The number of nitriles is 1. The predicted octanol–water partition coefficient (Wildman–Crippen LogP) is 4.77. The van der Waals surface area contributed by atoms with Gasteiger partial charge >= 0.3 is 0 Å². The third kappa shape index (κ3) is 5.68. The Hall–Kier alpha value is -4.90. The van der Waals surface area contributed by atoms with Crippen LogP contribution in [0.1, 0.15) is 33.0 Å². The van der Waals surface area contributed by atoms with Gasteiger partial charge in [-0.1, -0.05) is 48.5 Å². The Morgan fingerprint density at radius 3 is 2.49 bits per heavy atom. The van der Waals surface area contributed by atoms with Gasteiger partial charge in [0.05, 0.1) is 30.2 Å². The van der Waals surface area contributed by atoms with E-state index in [0.717, 1.165) is 22.0 Å². The molecule has 0 fully saturated rings. The van der Waals surface area contributed by atoms with Crippen LogP contribution in [0.25, 0.3) is 10.9 Å². The lowest BCUT2D eigenvalue weighted by Crippen LogP contribution is -2.34. The van der Waals surface area contributed by atoms with Crippen molar-refractivity contribution in [2.45, 2.75) is 19.5 Å². The molecule has 0 bridgehead atoms. The highest BCUT2D eigenvalue weighted by Gasteiger charge is 2.20. The van der Waals surface area contributed by atoms with Crippen molar-refractivity contribution in [3.05, 3.63) is 125 Å². The smallest absolute Gasteiger partial charge is 0.272 e. The molecule has 0 aliphatic heterocycles.